The highest BCUT2D eigenvalue weighted by atomic mass is 79.9. The summed E-state index contributed by atoms with van der Waals surface area (Å²) < 4.78 is 39.3. The van der Waals surface area contributed by atoms with E-state index in [4.69, 9.17) is 0 Å². The minimum Gasteiger partial charge on any atom is -0.385 e. The third-order valence-corrected chi connectivity index (χ3v) is 4.05. The maximum absolute atomic E-state index is 12.9. The van der Waals surface area contributed by atoms with Crippen LogP contribution in [0.15, 0.2) is 22.7 Å². The summed E-state index contributed by atoms with van der Waals surface area (Å²) in [5, 5.41) is 6.24. The Hall–Kier alpha value is -0.750. The minimum absolute atomic E-state index is 0.157. The van der Waals surface area contributed by atoms with E-state index in [9.17, 15) is 13.2 Å². The van der Waals surface area contributed by atoms with Gasteiger partial charge in [-0.25, -0.2) is 0 Å². The van der Waals surface area contributed by atoms with Gasteiger partial charge in [0.25, 0.3) is 0 Å². The van der Waals surface area contributed by atoms with Crippen LogP contribution in [0.25, 0.3) is 0 Å². The van der Waals surface area contributed by atoms with Gasteiger partial charge >= 0.3 is 6.18 Å². The number of hydrogen-bond donors (Lipinski definition) is 2. The number of alkyl halides is 3. The molecule has 1 aromatic carbocycles. The molecule has 1 aromatic rings. The molecule has 1 atom stereocenters. The van der Waals surface area contributed by atoms with Crippen molar-refractivity contribution < 1.29 is 13.2 Å². The predicted octanol–water partition coefficient (Wildman–Crippen LogP) is 4.27. The molecule has 0 saturated carbocycles. The van der Waals surface area contributed by atoms with E-state index in [0.29, 0.717) is 16.9 Å². The van der Waals surface area contributed by atoms with Crippen molar-refractivity contribution in [3.05, 3.63) is 28.2 Å². The van der Waals surface area contributed by atoms with Crippen LogP contribution in [-0.2, 0) is 6.18 Å². The van der Waals surface area contributed by atoms with Gasteiger partial charge in [-0.2, -0.15) is 13.2 Å². The van der Waals surface area contributed by atoms with E-state index >= 15 is 0 Å². The van der Waals surface area contributed by atoms with Gasteiger partial charge in [0.2, 0.25) is 0 Å². The summed E-state index contributed by atoms with van der Waals surface area (Å²) in [6.07, 6.45) is -1.14. The van der Waals surface area contributed by atoms with Crippen LogP contribution in [0.4, 0.5) is 18.9 Å². The van der Waals surface area contributed by atoms with Crippen LogP contribution in [0.2, 0.25) is 0 Å². The lowest BCUT2D eigenvalue weighted by Gasteiger charge is -2.23. The Morgan fingerprint density at radius 1 is 1.35 bits per heavy atom. The highest BCUT2D eigenvalue weighted by molar-refractivity contribution is 9.10. The molecule has 1 saturated heterocycles. The molecule has 20 heavy (non-hydrogen) atoms. The van der Waals surface area contributed by atoms with E-state index in [1.807, 2.05) is 0 Å². The predicted molar refractivity (Wildman–Crippen MR) is 77.8 cm³/mol. The second-order valence-electron chi connectivity index (χ2n) is 5.12. The van der Waals surface area contributed by atoms with Gasteiger partial charge in [0.05, 0.1) is 5.56 Å². The van der Waals surface area contributed by atoms with Gasteiger partial charge in [-0.3, -0.25) is 0 Å². The first-order chi connectivity index (χ1) is 9.47. The molecule has 2 rings (SSSR count). The number of benzene rings is 1. The molecular weight excluding hydrogens is 333 g/mol. The summed E-state index contributed by atoms with van der Waals surface area (Å²) >= 11 is 3.08. The van der Waals surface area contributed by atoms with Gasteiger partial charge in [-0.15, -0.1) is 0 Å². The molecule has 112 valence electrons. The third kappa shape index (κ3) is 4.38. The summed E-state index contributed by atoms with van der Waals surface area (Å²) in [5.41, 5.74) is -0.460. The monoisotopic (exact) mass is 350 g/mol. The molecule has 1 aliphatic rings. The van der Waals surface area contributed by atoms with Crippen molar-refractivity contribution >= 4 is 21.6 Å². The van der Waals surface area contributed by atoms with Crippen LogP contribution in [0.5, 0.6) is 0 Å². The topological polar surface area (TPSA) is 24.1 Å². The number of nitrogens with one attached hydrogen (secondary N) is 2. The number of anilines is 1. The van der Waals surface area contributed by atoms with Crippen LogP contribution in [-0.4, -0.2) is 19.6 Å². The zero-order chi connectivity index (χ0) is 14.6. The molecule has 2 N–H and O–H groups in total. The molecule has 0 amide bonds. The maximum Gasteiger partial charge on any atom is 0.418 e. The third-order valence-electron chi connectivity index (χ3n) is 3.55. The lowest BCUT2D eigenvalue weighted by molar-refractivity contribution is -0.137. The number of rotatable bonds is 4. The highest BCUT2D eigenvalue weighted by Crippen LogP contribution is 2.36. The fourth-order valence-electron chi connectivity index (χ4n) is 2.49. The fourth-order valence-corrected chi connectivity index (χ4v) is 2.85. The second kappa shape index (κ2) is 6.80. The van der Waals surface area contributed by atoms with E-state index in [1.165, 1.54) is 6.07 Å². The van der Waals surface area contributed by atoms with E-state index in [-0.39, 0.29) is 5.69 Å². The van der Waals surface area contributed by atoms with Crippen LogP contribution in [0, 0.1) is 5.92 Å². The fraction of sp³-hybridized carbons (Fsp3) is 0.571. The second-order valence-corrected chi connectivity index (χ2v) is 6.03. The summed E-state index contributed by atoms with van der Waals surface area (Å²) in [6, 6.07) is 4.22. The molecule has 0 spiro atoms. The SMILES string of the molecule is FC(F)(F)c1cc(Br)ccc1NCCC1CCCNC1. The standard InChI is InChI=1S/C14H18BrF3N2/c15-11-3-4-13(12(8-11)14(16,17)18)20-7-5-10-2-1-6-19-9-10/h3-4,8,10,19-20H,1-2,5-7,9H2. The Labute approximate surface area is 125 Å². The van der Waals surface area contributed by atoms with Crippen molar-refractivity contribution in [3.63, 3.8) is 0 Å². The first kappa shape index (κ1) is 15.6. The molecule has 0 aliphatic carbocycles. The quantitative estimate of drug-likeness (QED) is 0.847. The lowest BCUT2D eigenvalue weighted by Crippen LogP contribution is -2.30. The zero-order valence-electron chi connectivity index (χ0n) is 11.1. The van der Waals surface area contributed by atoms with Crippen LogP contribution in [0.3, 0.4) is 0 Å². The average Bonchev–Trinajstić information content (AvgIpc) is 2.40. The largest absolute Gasteiger partial charge is 0.418 e. The van der Waals surface area contributed by atoms with E-state index < -0.39 is 11.7 Å². The molecule has 0 aromatic heterocycles. The van der Waals surface area contributed by atoms with Crippen molar-refractivity contribution in [1.82, 2.24) is 5.32 Å². The molecule has 1 heterocycles. The van der Waals surface area contributed by atoms with Crippen molar-refractivity contribution in [2.45, 2.75) is 25.4 Å². The Kier molecular flexibility index (Phi) is 5.32. The first-order valence-corrected chi connectivity index (χ1v) is 7.57. The van der Waals surface area contributed by atoms with E-state index in [0.717, 1.165) is 38.4 Å². The Balaban J connectivity index is 1.95. The molecule has 1 aliphatic heterocycles. The highest BCUT2D eigenvalue weighted by Gasteiger charge is 2.33. The van der Waals surface area contributed by atoms with Crippen molar-refractivity contribution in [2.24, 2.45) is 5.92 Å². The van der Waals surface area contributed by atoms with Crippen molar-refractivity contribution in [1.29, 1.82) is 0 Å². The van der Waals surface area contributed by atoms with Gasteiger partial charge < -0.3 is 10.6 Å². The van der Waals surface area contributed by atoms with Gasteiger partial charge in [-0.1, -0.05) is 15.9 Å². The summed E-state index contributed by atoms with van der Waals surface area (Å²) in [5.74, 6) is 0.557. The van der Waals surface area contributed by atoms with E-state index in [1.54, 1.807) is 6.07 Å². The minimum atomic E-state index is -4.33. The van der Waals surface area contributed by atoms with Gasteiger partial charge in [0.15, 0.2) is 0 Å². The summed E-state index contributed by atoms with van der Waals surface area (Å²) in [7, 11) is 0. The number of piperidine rings is 1. The zero-order valence-corrected chi connectivity index (χ0v) is 12.6. The Morgan fingerprint density at radius 3 is 2.80 bits per heavy atom. The molecular formula is C14H18BrF3N2. The number of halogens is 4. The van der Waals surface area contributed by atoms with Crippen molar-refractivity contribution in [2.75, 3.05) is 25.0 Å². The van der Waals surface area contributed by atoms with Crippen LogP contribution >= 0.6 is 15.9 Å². The average molecular weight is 351 g/mol. The van der Waals surface area contributed by atoms with E-state index in [2.05, 4.69) is 26.6 Å². The number of hydrogen-bond acceptors (Lipinski definition) is 2. The molecule has 1 fully saturated rings. The summed E-state index contributed by atoms with van der Waals surface area (Å²) in [6.45, 7) is 2.58. The molecule has 1 unspecified atom stereocenters. The molecule has 6 heteroatoms. The molecule has 2 nitrogen and oxygen atoms in total. The van der Waals surface area contributed by atoms with Crippen molar-refractivity contribution in [3.8, 4) is 0 Å². The summed E-state index contributed by atoms with van der Waals surface area (Å²) in [4.78, 5) is 0. The maximum atomic E-state index is 12.9. The van der Waals surface area contributed by atoms with Gasteiger partial charge in [-0.05, 0) is 56.5 Å². The van der Waals surface area contributed by atoms with Crippen LogP contribution < -0.4 is 10.6 Å². The first-order valence-electron chi connectivity index (χ1n) is 6.78. The molecule has 0 bridgehead atoms. The lowest BCUT2D eigenvalue weighted by atomic mass is 9.96. The van der Waals surface area contributed by atoms with Gasteiger partial charge in [0, 0.05) is 16.7 Å². The van der Waals surface area contributed by atoms with Gasteiger partial charge in [0.1, 0.15) is 0 Å². The Bertz CT molecular complexity index is 443. The smallest absolute Gasteiger partial charge is 0.385 e. The van der Waals surface area contributed by atoms with Crippen LogP contribution in [0.1, 0.15) is 24.8 Å². The Morgan fingerprint density at radius 2 is 2.15 bits per heavy atom. The molecule has 0 radical (unpaired) electrons. The normalized spacial score (nSPS) is 19.9.